The molecule has 5 heteroatoms. The number of rotatable bonds is 3. The lowest BCUT2D eigenvalue weighted by Crippen LogP contribution is -2.28. The number of piperidine rings is 1. The summed E-state index contributed by atoms with van der Waals surface area (Å²) in [5.74, 6) is 2.03. The van der Waals surface area contributed by atoms with Gasteiger partial charge in [-0.3, -0.25) is 4.98 Å². The van der Waals surface area contributed by atoms with E-state index in [-0.39, 0.29) is 12.4 Å². The zero-order chi connectivity index (χ0) is 9.64. The van der Waals surface area contributed by atoms with Crippen LogP contribution in [0.5, 0.6) is 0 Å². The van der Waals surface area contributed by atoms with E-state index in [2.05, 4.69) is 15.3 Å². The zero-order valence-corrected chi connectivity index (χ0v) is 10.2. The third-order valence-electron chi connectivity index (χ3n) is 2.47. The molecule has 1 fully saturated rings. The first-order valence-electron chi connectivity index (χ1n) is 5.04. The van der Waals surface area contributed by atoms with Crippen LogP contribution in [0.25, 0.3) is 0 Å². The number of nitrogens with one attached hydrogen (secondary N) is 1. The number of thioether (sulfide) groups is 1. The molecule has 0 amide bonds. The molecular weight excluding hydrogens is 230 g/mol. The van der Waals surface area contributed by atoms with Crippen LogP contribution >= 0.6 is 24.2 Å². The summed E-state index contributed by atoms with van der Waals surface area (Å²) in [5.41, 5.74) is 0. The molecular formula is C10H16ClN3S. The summed E-state index contributed by atoms with van der Waals surface area (Å²) < 4.78 is 0. The highest BCUT2D eigenvalue weighted by Crippen LogP contribution is 2.22. The second-order valence-corrected chi connectivity index (χ2v) is 4.59. The lowest BCUT2D eigenvalue weighted by molar-refractivity contribution is 0.408. The zero-order valence-electron chi connectivity index (χ0n) is 8.56. The minimum absolute atomic E-state index is 0. The van der Waals surface area contributed by atoms with Gasteiger partial charge < -0.3 is 5.32 Å². The van der Waals surface area contributed by atoms with Crippen LogP contribution in [-0.4, -0.2) is 28.8 Å². The van der Waals surface area contributed by atoms with Gasteiger partial charge >= 0.3 is 0 Å². The molecule has 2 rings (SSSR count). The van der Waals surface area contributed by atoms with E-state index in [1.807, 2.05) is 18.0 Å². The molecule has 0 aliphatic carbocycles. The third-order valence-corrected chi connectivity index (χ3v) is 3.61. The summed E-state index contributed by atoms with van der Waals surface area (Å²) in [6.45, 7) is 2.34. The number of halogens is 1. The monoisotopic (exact) mass is 245 g/mol. The molecule has 84 valence electrons. The fourth-order valence-electron chi connectivity index (χ4n) is 1.61. The van der Waals surface area contributed by atoms with Crippen LogP contribution in [0.1, 0.15) is 12.8 Å². The van der Waals surface area contributed by atoms with Crippen molar-refractivity contribution in [3.63, 3.8) is 0 Å². The smallest absolute Gasteiger partial charge is 0.114 e. The molecule has 1 saturated heterocycles. The number of hydrogen-bond acceptors (Lipinski definition) is 4. The maximum atomic E-state index is 4.25. The van der Waals surface area contributed by atoms with Gasteiger partial charge in [-0.1, -0.05) is 0 Å². The van der Waals surface area contributed by atoms with Crippen LogP contribution in [0.4, 0.5) is 0 Å². The summed E-state index contributed by atoms with van der Waals surface area (Å²) in [7, 11) is 0. The quantitative estimate of drug-likeness (QED) is 0.827. The van der Waals surface area contributed by atoms with Crippen molar-refractivity contribution in [2.75, 3.05) is 18.8 Å². The largest absolute Gasteiger partial charge is 0.317 e. The van der Waals surface area contributed by atoms with Crippen molar-refractivity contribution in [1.82, 2.24) is 15.3 Å². The van der Waals surface area contributed by atoms with E-state index in [4.69, 9.17) is 0 Å². The van der Waals surface area contributed by atoms with Crippen molar-refractivity contribution in [2.45, 2.75) is 17.9 Å². The third kappa shape index (κ3) is 4.36. The van der Waals surface area contributed by atoms with Crippen molar-refractivity contribution in [2.24, 2.45) is 5.92 Å². The molecule has 1 aliphatic rings. The Kier molecular flexibility index (Phi) is 5.98. The molecule has 0 aromatic carbocycles. The normalized spacial score (nSPS) is 17.1. The van der Waals surface area contributed by atoms with Gasteiger partial charge in [-0.2, -0.15) is 0 Å². The Balaban J connectivity index is 0.00000112. The second-order valence-electron chi connectivity index (χ2n) is 3.55. The van der Waals surface area contributed by atoms with Gasteiger partial charge in [0.25, 0.3) is 0 Å². The Labute approximate surface area is 101 Å². The first kappa shape index (κ1) is 12.7. The summed E-state index contributed by atoms with van der Waals surface area (Å²) in [6.07, 6.45) is 7.91. The van der Waals surface area contributed by atoms with Gasteiger partial charge in [-0.05, 0) is 31.8 Å². The molecule has 2 heterocycles. The first-order valence-corrected chi connectivity index (χ1v) is 6.03. The Morgan fingerprint density at radius 2 is 2.13 bits per heavy atom. The number of nitrogens with zero attached hydrogens (tertiary/aromatic N) is 2. The summed E-state index contributed by atoms with van der Waals surface area (Å²) in [4.78, 5) is 8.30. The van der Waals surface area contributed by atoms with Crippen LogP contribution in [0.3, 0.4) is 0 Å². The van der Waals surface area contributed by atoms with Gasteiger partial charge in [0.1, 0.15) is 5.03 Å². The lowest BCUT2D eigenvalue weighted by Gasteiger charge is -2.21. The standard InChI is InChI=1S/C10H15N3S.ClH/c1-3-11-4-2-9(1)8-14-10-7-12-5-6-13-10;/h5-7,9,11H,1-4,8H2;1H. The molecule has 0 bridgehead atoms. The maximum Gasteiger partial charge on any atom is 0.114 e. The Bertz CT molecular complexity index is 265. The molecule has 1 aromatic rings. The molecule has 0 spiro atoms. The van der Waals surface area contributed by atoms with Gasteiger partial charge in [0.2, 0.25) is 0 Å². The minimum Gasteiger partial charge on any atom is -0.317 e. The highest BCUT2D eigenvalue weighted by molar-refractivity contribution is 7.99. The molecule has 1 aliphatic heterocycles. The fourth-order valence-corrected chi connectivity index (χ4v) is 2.62. The van der Waals surface area contributed by atoms with E-state index in [9.17, 15) is 0 Å². The van der Waals surface area contributed by atoms with Gasteiger partial charge in [0, 0.05) is 18.1 Å². The average molecular weight is 246 g/mol. The fraction of sp³-hybridized carbons (Fsp3) is 0.600. The maximum absolute atomic E-state index is 4.25. The SMILES string of the molecule is Cl.c1cnc(SCC2CCNCC2)cn1. The van der Waals surface area contributed by atoms with Gasteiger partial charge in [0.15, 0.2) is 0 Å². The molecule has 1 N–H and O–H groups in total. The number of hydrogen-bond donors (Lipinski definition) is 1. The van der Waals surface area contributed by atoms with E-state index >= 15 is 0 Å². The molecule has 0 unspecified atom stereocenters. The molecule has 0 saturated carbocycles. The summed E-state index contributed by atoms with van der Waals surface area (Å²) in [5, 5.41) is 4.42. The number of aromatic nitrogens is 2. The van der Waals surface area contributed by atoms with Gasteiger partial charge in [-0.15, -0.1) is 24.2 Å². The van der Waals surface area contributed by atoms with Crippen LogP contribution in [-0.2, 0) is 0 Å². The highest BCUT2D eigenvalue weighted by atomic mass is 35.5. The van der Waals surface area contributed by atoms with Crippen LogP contribution in [0.2, 0.25) is 0 Å². The predicted octanol–water partition coefficient (Wildman–Crippen LogP) is 1.99. The summed E-state index contributed by atoms with van der Waals surface area (Å²) >= 11 is 1.83. The van der Waals surface area contributed by atoms with E-state index in [1.54, 1.807) is 12.4 Å². The Hall–Kier alpha value is -0.320. The van der Waals surface area contributed by atoms with Crippen LogP contribution in [0, 0.1) is 5.92 Å². The van der Waals surface area contributed by atoms with E-state index in [0.29, 0.717) is 0 Å². The van der Waals surface area contributed by atoms with E-state index in [0.717, 1.165) is 10.9 Å². The van der Waals surface area contributed by atoms with Gasteiger partial charge in [-0.25, -0.2) is 4.98 Å². The molecule has 0 radical (unpaired) electrons. The predicted molar refractivity (Wildman–Crippen MR) is 65.6 cm³/mol. The van der Waals surface area contributed by atoms with Crippen LogP contribution < -0.4 is 5.32 Å². The van der Waals surface area contributed by atoms with E-state index in [1.165, 1.54) is 31.7 Å². The second kappa shape index (κ2) is 7.04. The average Bonchev–Trinajstić information content (AvgIpc) is 2.29. The van der Waals surface area contributed by atoms with Crippen molar-refractivity contribution in [3.05, 3.63) is 18.6 Å². The van der Waals surface area contributed by atoms with Crippen molar-refractivity contribution in [1.29, 1.82) is 0 Å². The summed E-state index contributed by atoms with van der Waals surface area (Å²) in [6, 6.07) is 0. The molecule has 1 aromatic heterocycles. The van der Waals surface area contributed by atoms with Crippen LogP contribution in [0.15, 0.2) is 23.6 Å². The van der Waals surface area contributed by atoms with Crippen molar-refractivity contribution < 1.29 is 0 Å². The van der Waals surface area contributed by atoms with Crippen molar-refractivity contribution >= 4 is 24.2 Å². The topological polar surface area (TPSA) is 37.8 Å². The van der Waals surface area contributed by atoms with E-state index < -0.39 is 0 Å². The van der Waals surface area contributed by atoms with Gasteiger partial charge in [0.05, 0.1) is 6.20 Å². The molecule has 0 atom stereocenters. The Morgan fingerprint density at radius 3 is 2.80 bits per heavy atom. The minimum atomic E-state index is 0. The lowest BCUT2D eigenvalue weighted by atomic mass is 10.0. The van der Waals surface area contributed by atoms with Crippen molar-refractivity contribution in [3.8, 4) is 0 Å². The Morgan fingerprint density at radius 1 is 1.33 bits per heavy atom. The molecule has 15 heavy (non-hydrogen) atoms. The molecule has 3 nitrogen and oxygen atoms in total. The first-order chi connectivity index (χ1) is 6.95. The highest BCUT2D eigenvalue weighted by Gasteiger charge is 2.13.